The number of carboxylic acid groups (broad SMARTS) is 1. The van der Waals surface area contributed by atoms with Crippen molar-refractivity contribution in [2.75, 3.05) is 0 Å². The summed E-state index contributed by atoms with van der Waals surface area (Å²) in [5, 5.41) is 8.77. The topological polar surface area (TPSA) is 63.6 Å². The van der Waals surface area contributed by atoms with Crippen molar-refractivity contribution in [1.29, 1.82) is 0 Å². The van der Waals surface area contributed by atoms with E-state index in [1.165, 1.54) is 6.07 Å². The van der Waals surface area contributed by atoms with Crippen LogP contribution in [0.5, 0.6) is 5.75 Å². The molecule has 1 radical (unpaired) electrons. The first kappa shape index (κ1) is 11.2. The number of rotatable bonds is 5. The first-order chi connectivity index (χ1) is 7.19. The lowest BCUT2D eigenvalue weighted by Crippen LogP contribution is -2.26. The van der Waals surface area contributed by atoms with Gasteiger partial charge in [0.1, 0.15) is 5.75 Å². The first-order valence-corrected chi connectivity index (χ1v) is 4.55. The predicted octanol–water partition coefficient (Wildman–Crippen LogP) is 1.39. The van der Waals surface area contributed by atoms with Gasteiger partial charge in [0.15, 0.2) is 6.10 Å². The van der Waals surface area contributed by atoms with Crippen LogP contribution in [-0.4, -0.2) is 23.5 Å². The van der Waals surface area contributed by atoms with Crippen molar-refractivity contribution < 1.29 is 19.4 Å². The van der Waals surface area contributed by atoms with Gasteiger partial charge in [0, 0.05) is 0 Å². The van der Waals surface area contributed by atoms with Gasteiger partial charge in [0.25, 0.3) is 0 Å². The molecule has 1 rings (SSSR count). The second-order valence-corrected chi connectivity index (χ2v) is 2.95. The molecule has 0 spiro atoms. The van der Waals surface area contributed by atoms with Crippen LogP contribution in [-0.2, 0) is 9.59 Å². The van der Waals surface area contributed by atoms with Gasteiger partial charge in [-0.25, -0.2) is 4.79 Å². The number of carbonyl (C=O) groups is 1. The highest BCUT2D eigenvalue weighted by molar-refractivity contribution is 5.80. The molecule has 0 amide bonds. The SMILES string of the molecule is CCC(Oc1ccccc1[C]=O)C(=O)O. The number of carboxylic acids is 1. The van der Waals surface area contributed by atoms with Gasteiger partial charge in [-0.3, -0.25) is 4.79 Å². The number of carbonyl (C=O) groups excluding carboxylic acids is 1. The van der Waals surface area contributed by atoms with E-state index in [-0.39, 0.29) is 11.3 Å². The number of hydrogen-bond donors (Lipinski definition) is 1. The summed E-state index contributed by atoms with van der Waals surface area (Å²) in [6, 6.07) is 6.41. The summed E-state index contributed by atoms with van der Waals surface area (Å²) in [4.78, 5) is 21.2. The number of hydrogen-bond acceptors (Lipinski definition) is 3. The van der Waals surface area contributed by atoms with Gasteiger partial charge in [0.2, 0.25) is 6.29 Å². The number of benzene rings is 1. The molecule has 1 aromatic carbocycles. The normalized spacial score (nSPS) is 11.8. The second kappa shape index (κ2) is 5.14. The Balaban J connectivity index is 2.87. The van der Waals surface area contributed by atoms with E-state index in [0.29, 0.717) is 6.42 Å². The van der Waals surface area contributed by atoms with Gasteiger partial charge >= 0.3 is 5.97 Å². The summed E-state index contributed by atoms with van der Waals surface area (Å²) in [7, 11) is 0. The van der Waals surface area contributed by atoms with Crippen LogP contribution in [0.3, 0.4) is 0 Å². The molecule has 1 aromatic rings. The monoisotopic (exact) mass is 207 g/mol. The average molecular weight is 207 g/mol. The Kier molecular flexibility index (Phi) is 3.85. The molecule has 4 nitrogen and oxygen atoms in total. The molecule has 0 aliphatic heterocycles. The summed E-state index contributed by atoms with van der Waals surface area (Å²) in [5.74, 6) is -0.792. The van der Waals surface area contributed by atoms with E-state index in [2.05, 4.69) is 0 Å². The summed E-state index contributed by atoms with van der Waals surface area (Å²) >= 11 is 0. The van der Waals surface area contributed by atoms with Crippen LogP contribution in [0.15, 0.2) is 24.3 Å². The third kappa shape index (κ3) is 2.80. The Morgan fingerprint density at radius 2 is 2.20 bits per heavy atom. The maximum absolute atomic E-state index is 10.7. The third-order valence-corrected chi connectivity index (χ3v) is 1.91. The van der Waals surface area contributed by atoms with E-state index in [9.17, 15) is 9.59 Å². The zero-order chi connectivity index (χ0) is 11.3. The zero-order valence-electron chi connectivity index (χ0n) is 8.27. The van der Waals surface area contributed by atoms with E-state index in [1.807, 2.05) is 0 Å². The molecule has 0 bridgehead atoms. The second-order valence-electron chi connectivity index (χ2n) is 2.95. The Labute approximate surface area is 87.5 Å². The standard InChI is InChI=1S/C11H11O4/c1-2-9(11(13)14)15-10-6-4-3-5-8(10)7-12/h3-6,9H,2H2,1H3,(H,13,14). The van der Waals surface area contributed by atoms with Crippen molar-refractivity contribution in [3.63, 3.8) is 0 Å². The van der Waals surface area contributed by atoms with Crippen molar-refractivity contribution in [2.24, 2.45) is 0 Å². The van der Waals surface area contributed by atoms with Crippen LogP contribution < -0.4 is 4.74 Å². The predicted molar refractivity (Wildman–Crippen MR) is 53.6 cm³/mol. The Hall–Kier alpha value is -1.84. The lowest BCUT2D eigenvalue weighted by Gasteiger charge is -2.13. The Morgan fingerprint density at radius 1 is 1.53 bits per heavy atom. The fourth-order valence-corrected chi connectivity index (χ4v) is 1.12. The maximum atomic E-state index is 10.7. The van der Waals surface area contributed by atoms with Crippen molar-refractivity contribution in [3.05, 3.63) is 29.8 Å². The fourth-order valence-electron chi connectivity index (χ4n) is 1.12. The van der Waals surface area contributed by atoms with Crippen LogP contribution in [0.4, 0.5) is 0 Å². The Bertz CT molecular complexity index is 359. The molecule has 0 fully saturated rings. The molecule has 1 unspecified atom stereocenters. The molecule has 0 saturated carbocycles. The number of aliphatic carboxylic acids is 1. The van der Waals surface area contributed by atoms with Gasteiger partial charge < -0.3 is 9.84 Å². The number of para-hydroxylation sites is 1. The quantitative estimate of drug-likeness (QED) is 0.792. The Morgan fingerprint density at radius 3 is 2.73 bits per heavy atom. The minimum absolute atomic E-state index is 0.234. The number of ether oxygens (including phenoxy) is 1. The molecule has 0 aromatic heterocycles. The molecule has 4 heteroatoms. The smallest absolute Gasteiger partial charge is 0.344 e. The van der Waals surface area contributed by atoms with E-state index < -0.39 is 12.1 Å². The summed E-state index contributed by atoms with van der Waals surface area (Å²) < 4.78 is 5.19. The molecule has 15 heavy (non-hydrogen) atoms. The largest absolute Gasteiger partial charge is 0.479 e. The van der Waals surface area contributed by atoms with Crippen LogP contribution in [0, 0.1) is 0 Å². The van der Waals surface area contributed by atoms with Crippen molar-refractivity contribution >= 4 is 12.3 Å². The molecule has 1 atom stereocenters. The zero-order valence-corrected chi connectivity index (χ0v) is 8.27. The lowest BCUT2D eigenvalue weighted by atomic mass is 10.2. The fraction of sp³-hybridized carbons (Fsp3) is 0.273. The van der Waals surface area contributed by atoms with Crippen LogP contribution in [0.25, 0.3) is 0 Å². The third-order valence-electron chi connectivity index (χ3n) is 1.91. The summed E-state index contributed by atoms with van der Waals surface area (Å²) in [6.45, 7) is 1.70. The molecule has 0 heterocycles. The van der Waals surface area contributed by atoms with Gasteiger partial charge in [-0.05, 0) is 18.6 Å². The molecular formula is C11H11O4. The van der Waals surface area contributed by atoms with Crippen LogP contribution in [0.1, 0.15) is 18.9 Å². The lowest BCUT2D eigenvalue weighted by molar-refractivity contribution is -0.145. The van der Waals surface area contributed by atoms with E-state index in [4.69, 9.17) is 9.84 Å². The molecule has 0 aliphatic rings. The van der Waals surface area contributed by atoms with Crippen LogP contribution >= 0.6 is 0 Å². The molecule has 79 valence electrons. The van der Waals surface area contributed by atoms with Gasteiger partial charge in [0.05, 0.1) is 5.56 Å². The first-order valence-electron chi connectivity index (χ1n) is 4.55. The van der Waals surface area contributed by atoms with E-state index in [1.54, 1.807) is 31.4 Å². The highest BCUT2D eigenvalue weighted by Gasteiger charge is 2.17. The molecule has 1 N–H and O–H groups in total. The summed E-state index contributed by atoms with van der Waals surface area (Å²) in [5.41, 5.74) is 0.234. The van der Waals surface area contributed by atoms with Gasteiger partial charge in [-0.2, -0.15) is 0 Å². The van der Waals surface area contributed by atoms with Crippen molar-refractivity contribution in [3.8, 4) is 5.75 Å². The molecular weight excluding hydrogens is 196 g/mol. The van der Waals surface area contributed by atoms with Crippen LogP contribution in [0.2, 0.25) is 0 Å². The highest BCUT2D eigenvalue weighted by atomic mass is 16.5. The summed E-state index contributed by atoms with van der Waals surface area (Å²) in [6.07, 6.45) is 1.10. The van der Waals surface area contributed by atoms with E-state index >= 15 is 0 Å². The average Bonchev–Trinajstić information content (AvgIpc) is 2.25. The van der Waals surface area contributed by atoms with E-state index in [0.717, 1.165) is 0 Å². The maximum Gasteiger partial charge on any atom is 0.344 e. The molecule has 0 saturated heterocycles. The van der Waals surface area contributed by atoms with Crippen molar-refractivity contribution in [1.82, 2.24) is 0 Å². The minimum Gasteiger partial charge on any atom is -0.479 e. The van der Waals surface area contributed by atoms with Crippen molar-refractivity contribution in [2.45, 2.75) is 19.4 Å². The highest BCUT2D eigenvalue weighted by Crippen LogP contribution is 2.18. The molecule has 0 aliphatic carbocycles. The minimum atomic E-state index is -1.04. The van der Waals surface area contributed by atoms with Gasteiger partial charge in [-0.1, -0.05) is 19.1 Å². The van der Waals surface area contributed by atoms with Gasteiger partial charge in [-0.15, -0.1) is 0 Å².